The first-order valence-corrected chi connectivity index (χ1v) is 6.48. The molecule has 1 atom stereocenters. The molecule has 4 heteroatoms. The number of rotatable bonds is 5. The van der Waals surface area contributed by atoms with Crippen LogP contribution in [0, 0.1) is 0 Å². The van der Waals surface area contributed by atoms with Crippen LogP contribution in [0.15, 0.2) is 59.8 Å². The highest BCUT2D eigenvalue weighted by molar-refractivity contribution is 8.00. The molecule has 1 aromatic carbocycles. The number of thioether (sulfide) groups is 1. The van der Waals surface area contributed by atoms with Gasteiger partial charge in [-0.1, -0.05) is 48.2 Å². The van der Waals surface area contributed by atoms with E-state index in [-0.39, 0.29) is 0 Å². The van der Waals surface area contributed by atoms with Crippen molar-refractivity contribution in [3.63, 3.8) is 0 Å². The number of aliphatic carboxylic acids is 1. The number of benzene rings is 1. The lowest BCUT2D eigenvalue weighted by Gasteiger charge is -2.11. The van der Waals surface area contributed by atoms with Gasteiger partial charge in [0.05, 0.1) is 5.03 Å². The Morgan fingerprint density at radius 1 is 1.17 bits per heavy atom. The summed E-state index contributed by atoms with van der Waals surface area (Å²) < 4.78 is 0. The van der Waals surface area contributed by atoms with Crippen molar-refractivity contribution < 1.29 is 9.90 Å². The molecule has 3 nitrogen and oxygen atoms in total. The van der Waals surface area contributed by atoms with Crippen LogP contribution >= 0.6 is 11.8 Å². The second kappa shape index (κ2) is 6.21. The zero-order chi connectivity index (χ0) is 12.8. The summed E-state index contributed by atoms with van der Waals surface area (Å²) in [6, 6.07) is 15.1. The van der Waals surface area contributed by atoms with E-state index < -0.39 is 11.2 Å². The molecule has 1 N–H and O–H groups in total. The highest BCUT2D eigenvalue weighted by Crippen LogP contribution is 2.24. The van der Waals surface area contributed by atoms with E-state index >= 15 is 0 Å². The number of carbonyl (C=O) groups is 1. The Bertz CT molecular complexity index is 460. The van der Waals surface area contributed by atoms with Crippen molar-refractivity contribution in [1.29, 1.82) is 0 Å². The summed E-state index contributed by atoms with van der Waals surface area (Å²) in [6.07, 6.45) is 2.17. The van der Waals surface area contributed by atoms with Gasteiger partial charge in [-0.3, -0.25) is 4.79 Å². The third-order valence-corrected chi connectivity index (χ3v) is 3.58. The van der Waals surface area contributed by atoms with Crippen LogP contribution in [0.2, 0.25) is 0 Å². The molecule has 0 amide bonds. The van der Waals surface area contributed by atoms with E-state index in [0.29, 0.717) is 6.42 Å². The fraction of sp³-hybridized carbons (Fsp3) is 0.143. The van der Waals surface area contributed by atoms with Gasteiger partial charge in [-0.25, -0.2) is 4.98 Å². The van der Waals surface area contributed by atoms with E-state index in [4.69, 9.17) is 0 Å². The maximum atomic E-state index is 11.3. The molecule has 1 aromatic heterocycles. The van der Waals surface area contributed by atoms with Crippen LogP contribution in [0.5, 0.6) is 0 Å². The largest absolute Gasteiger partial charge is 0.480 e. The Morgan fingerprint density at radius 3 is 2.50 bits per heavy atom. The molecule has 0 fully saturated rings. The summed E-state index contributed by atoms with van der Waals surface area (Å²) in [5.74, 6) is -0.811. The fourth-order valence-corrected chi connectivity index (χ4v) is 2.52. The maximum absolute atomic E-state index is 11.3. The van der Waals surface area contributed by atoms with Gasteiger partial charge in [-0.05, 0) is 24.1 Å². The summed E-state index contributed by atoms with van der Waals surface area (Å²) in [7, 11) is 0. The number of hydrogen-bond acceptors (Lipinski definition) is 3. The molecule has 0 bridgehead atoms. The normalized spacial score (nSPS) is 12.0. The van der Waals surface area contributed by atoms with Gasteiger partial charge in [0.15, 0.2) is 0 Å². The van der Waals surface area contributed by atoms with E-state index in [1.807, 2.05) is 48.5 Å². The highest BCUT2D eigenvalue weighted by atomic mass is 32.2. The number of nitrogens with zero attached hydrogens (tertiary/aromatic N) is 1. The SMILES string of the molecule is O=C(O)C(Cc1ccccc1)Sc1ccccn1. The quantitative estimate of drug-likeness (QED) is 0.839. The van der Waals surface area contributed by atoms with Gasteiger partial charge in [0.2, 0.25) is 0 Å². The van der Waals surface area contributed by atoms with Gasteiger partial charge in [-0.2, -0.15) is 0 Å². The Morgan fingerprint density at radius 2 is 1.89 bits per heavy atom. The second-order valence-corrected chi connectivity index (χ2v) is 5.03. The summed E-state index contributed by atoms with van der Waals surface area (Å²) in [5, 5.41) is 9.47. The van der Waals surface area contributed by atoms with Crippen LogP contribution in [0.25, 0.3) is 0 Å². The van der Waals surface area contributed by atoms with Crippen LogP contribution in [0.3, 0.4) is 0 Å². The predicted molar refractivity (Wildman–Crippen MR) is 71.7 cm³/mol. The van der Waals surface area contributed by atoms with Crippen molar-refractivity contribution >= 4 is 17.7 Å². The molecule has 0 spiro atoms. The zero-order valence-electron chi connectivity index (χ0n) is 9.69. The first-order valence-electron chi connectivity index (χ1n) is 5.60. The number of pyridine rings is 1. The lowest BCUT2D eigenvalue weighted by molar-refractivity contribution is -0.136. The van der Waals surface area contributed by atoms with E-state index in [0.717, 1.165) is 10.6 Å². The van der Waals surface area contributed by atoms with Crippen molar-refractivity contribution in [2.75, 3.05) is 0 Å². The van der Waals surface area contributed by atoms with Crippen LogP contribution in [0.4, 0.5) is 0 Å². The number of hydrogen-bond donors (Lipinski definition) is 1. The molecule has 18 heavy (non-hydrogen) atoms. The van der Waals surface area contributed by atoms with Crippen molar-refractivity contribution in [2.45, 2.75) is 16.7 Å². The minimum absolute atomic E-state index is 0.497. The minimum Gasteiger partial charge on any atom is -0.480 e. The first kappa shape index (κ1) is 12.6. The number of carboxylic acids is 1. The molecular formula is C14H13NO2S. The van der Waals surface area contributed by atoms with E-state index in [2.05, 4.69) is 4.98 Å². The predicted octanol–water partition coefficient (Wildman–Crippen LogP) is 2.87. The van der Waals surface area contributed by atoms with Gasteiger partial charge < -0.3 is 5.11 Å². The first-order chi connectivity index (χ1) is 8.75. The summed E-state index contributed by atoms with van der Waals surface area (Å²) in [6.45, 7) is 0. The van der Waals surface area contributed by atoms with Crippen LogP contribution < -0.4 is 0 Å². The average molecular weight is 259 g/mol. The average Bonchev–Trinajstić information content (AvgIpc) is 2.40. The minimum atomic E-state index is -0.811. The standard InChI is InChI=1S/C14H13NO2S/c16-14(17)12(10-11-6-2-1-3-7-11)18-13-8-4-5-9-15-13/h1-9,12H,10H2,(H,16,17). The molecule has 1 unspecified atom stereocenters. The molecule has 1 heterocycles. The van der Waals surface area contributed by atoms with Crippen LogP contribution in [0.1, 0.15) is 5.56 Å². The second-order valence-electron chi connectivity index (χ2n) is 3.80. The Labute approximate surface area is 110 Å². The highest BCUT2D eigenvalue weighted by Gasteiger charge is 2.19. The third-order valence-electron chi connectivity index (χ3n) is 2.44. The summed E-state index contributed by atoms with van der Waals surface area (Å²) in [5.41, 5.74) is 1.02. The molecule has 0 radical (unpaired) electrons. The van der Waals surface area contributed by atoms with Gasteiger partial charge in [0, 0.05) is 6.20 Å². The number of aromatic nitrogens is 1. The lowest BCUT2D eigenvalue weighted by atomic mass is 10.1. The van der Waals surface area contributed by atoms with Crippen LogP contribution in [-0.4, -0.2) is 21.3 Å². The molecule has 0 saturated heterocycles. The smallest absolute Gasteiger partial charge is 0.317 e. The molecule has 92 valence electrons. The Kier molecular flexibility index (Phi) is 4.36. The van der Waals surface area contributed by atoms with Crippen molar-refractivity contribution in [2.24, 2.45) is 0 Å². The lowest BCUT2D eigenvalue weighted by Crippen LogP contribution is -2.19. The molecule has 2 aromatic rings. The van der Waals surface area contributed by atoms with Gasteiger partial charge in [-0.15, -0.1) is 0 Å². The molecular weight excluding hydrogens is 246 g/mol. The Hall–Kier alpha value is -1.81. The van der Waals surface area contributed by atoms with E-state index in [1.165, 1.54) is 11.8 Å². The molecule has 0 aliphatic rings. The summed E-state index contributed by atoms with van der Waals surface area (Å²) in [4.78, 5) is 15.4. The zero-order valence-corrected chi connectivity index (χ0v) is 10.5. The monoisotopic (exact) mass is 259 g/mol. The van der Waals surface area contributed by atoms with Crippen molar-refractivity contribution in [3.8, 4) is 0 Å². The molecule has 2 rings (SSSR count). The Balaban J connectivity index is 2.08. The van der Waals surface area contributed by atoms with E-state index in [1.54, 1.807) is 6.20 Å². The third kappa shape index (κ3) is 3.60. The van der Waals surface area contributed by atoms with Crippen LogP contribution in [-0.2, 0) is 11.2 Å². The van der Waals surface area contributed by atoms with Gasteiger partial charge in [0.25, 0.3) is 0 Å². The van der Waals surface area contributed by atoms with Crippen molar-refractivity contribution in [3.05, 3.63) is 60.3 Å². The van der Waals surface area contributed by atoms with E-state index in [9.17, 15) is 9.90 Å². The fourth-order valence-electron chi connectivity index (χ4n) is 1.57. The number of carboxylic acid groups (broad SMARTS) is 1. The summed E-state index contributed by atoms with van der Waals surface area (Å²) >= 11 is 1.28. The maximum Gasteiger partial charge on any atom is 0.317 e. The topological polar surface area (TPSA) is 50.2 Å². The molecule has 0 aliphatic carbocycles. The van der Waals surface area contributed by atoms with Gasteiger partial charge >= 0.3 is 5.97 Å². The molecule has 0 aliphatic heterocycles. The van der Waals surface area contributed by atoms with Gasteiger partial charge in [0.1, 0.15) is 5.25 Å². The molecule has 0 saturated carbocycles. The van der Waals surface area contributed by atoms with Crippen molar-refractivity contribution in [1.82, 2.24) is 4.98 Å².